The number of carbonyl (C=O) groups excluding carboxylic acids is 2. The molecule has 2 aliphatic rings. The Kier molecular flexibility index (Phi) is 5.87. The zero-order chi connectivity index (χ0) is 24.5. The number of hydrogen-bond donors (Lipinski definition) is 3. The third-order valence-electron chi connectivity index (χ3n) is 6.77. The number of fused-ring (bicyclic) bond motifs is 1. The van der Waals surface area contributed by atoms with Crippen molar-refractivity contribution >= 4 is 39.8 Å². The molecule has 6 rings (SSSR count). The van der Waals surface area contributed by atoms with E-state index < -0.39 is 0 Å². The first-order valence-electron chi connectivity index (χ1n) is 12.4. The second-order valence-corrected chi connectivity index (χ2v) is 9.38. The van der Waals surface area contributed by atoms with Crippen LogP contribution in [0, 0.1) is 5.92 Å². The molecule has 182 valence electrons. The van der Waals surface area contributed by atoms with Gasteiger partial charge in [-0.15, -0.1) is 0 Å². The molecule has 3 aromatic carbocycles. The molecule has 2 fully saturated rings. The first-order valence-corrected chi connectivity index (χ1v) is 12.4. The van der Waals surface area contributed by atoms with E-state index in [1.165, 1.54) is 0 Å². The number of hydrogen-bond acceptors (Lipinski definition) is 5. The summed E-state index contributed by atoms with van der Waals surface area (Å²) in [5, 5.41) is 14.8. The molecule has 2 heterocycles. The van der Waals surface area contributed by atoms with E-state index in [-0.39, 0.29) is 17.7 Å². The Bertz CT molecular complexity index is 1400. The molecular formula is C28H28N6O2. The topological polar surface area (TPSA) is 91.3 Å². The maximum Gasteiger partial charge on any atom is 0.255 e. The maximum absolute atomic E-state index is 12.8. The lowest BCUT2D eigenvalue weighted by atomic mass is 10.1. The molecule has 36 heavy (non-hydrogen) atoms. The average molecular weight is 481 g/mol. The lowest BCUT2D eigenvalue weighted by Crippen LogP contribution is -2.43. The summed E-state index contributed by atoms with van der Waals surface area (Å²) in [5.41, 5.74) is 5.10. The van der Waals surface area contributed by atoms with Crippen molar-refractivity contribution in [1.29, 1.82) is 0 Å². The molecule has 8 heteroatoms. The molecule has 0 unspecified atom stereocenters. The number of amides is 2. The predicted molar refractivity (Wildman–Crippen MR) is 142 cm³/mol. The van der Waals surface area contributed by atoms with Crippen LogP contribution in [0.5, 0.6) is 0 Å². The molecule has 2 amide bonds. The van der Waals surface area contributed by atoms with Gasteiger partial charge in [0, 0.05) is 60.1 Å². The smallest absolute Gasteiger partial charge is 0.255 e. The quantitative estimate of drug-likeness (QED) is 0.388. The summed E-state index contributed by atoms with van der Waals surface area (Å²) in [7, 11) is 0. The van der Waals surface area contributed by atoms with Crippen LogP contribution in [-0.4, -0.2) is 47.8 Å². The fraction of sp³-hybridized carbons (Fsp3) is 0.250. The van der Waals surface area contributed by atoms with Gasteiger partial charge in [-0.05, 0) is 79.6 Å². The summed E-state index contributed by atoms with van der Waals surface area (Å²) in [4.78, 5) is 27.1. The highest BCUT2D eigenvalue weighted by molar-refractivity contribution is 6.05. The molecule has 3 N–H and O–H groups in total. The highest BCUT2D eigenvalue weighted by atomic mass is 16.2. The van der Waals surface area contributed by atoms with Crippen molar-refractivity contribution in [3.05, 3.63) is 78.5 Å². The number of piperazine rings is 1. The van der Waals surface area contributed by atoms with Crippen LogP contribution in [0.3, 0.4) is 0 Å². The summed E-state index contributed by atoms with van der Waals surface area (Å²) >= 11 is 0. The molecule has 0 atom stereocenters. The van der Waals surface area contributed by atoms with Crippen molar-refractivity contribution in [2.75, 3.05) is 41.7 Å². The van der Waals surface area contributed by atoms with Gasteiger partial charge in [-0.1, -0.05) is 0 Å². The average Bonchev–Trinajstić information content (AvgIpc) is 3.70. The van der Waals surface area contributed by atoms with E-state index in [2.05, 4.69) is 25.9 Å². The number of carbonyl (C=O) groups is 2. The van der Waals surface area contributed by atoms with E-state index in [9.17, 15) is 9.59 Å². The largest absolute Gasteiger partial charge is 0.369 e. The minimum atomic E-state index is -0.141. The fourth-order valence-corrected chi connectivity index (χ4v) is 4.54. The van der Waals surface area contributed by atoms with Crippen molar-refractivity contribution in [3.63, 3.8) is 0 Å². The highest BCUT2D eigenvalue weighted by Gasteiger charge is 2.29. The molecule has 1 saturated heterocycles. The van der Waals surface area contributed by atoms with Crippen molar-refractivity contribution < 1.29 is 9.59 Å². The Labute approximate surface area is 209 Å². The molecule has 1 saturated carbocycles. The zero-order valence-corrected chi connectivity index (χ0v) is 19.9. The molecular weight excluding hydrogens is 452 g/mol. The second-order valence-electron chi connectivity index (χ2n) is 9.38. The number of benzene rings is 3. The fourth-order valence-electron chi connectivity index (χ4n) is 4.54. The number of rotatable bonds is 6. The van der Waals surface area contributed by atoms with Crippen molar-refractivity contribution in [2.45, 2.75) is 12.8 Å². The van der Waals surface area contributed by atoms with Crippen LogP contribution >= 0.6 is 0 Å². The van der Waals surface area contributed by atoms with Crippen molar-refractivity contribution in [1.82, 2.24) is 15.1 Å². The lowest BCUT2D eigenvalue weighted by molar-refractivity contribution is -0.117. The van der Waals surface area contributed by atoms with Crippen LogP contribution in [0.1, 0.15) is 23.2 Å². The SMILES string of the molecule is O=C(Nc1ccc2c(cnn2-c2ccc(NC(=O)C3CC3)cc2)c1)c1ccc(N2CCNCC2)cc1. The summed E-state index contributed by atoms with van der Waals surface area (Å²) in [6.07, 6.45) is 3.75. The van der Waals surface area contributed by atoms with Gasteiger partial charge in [0.2, 0.25) is 5.91 Å². The van der Waals surface area contributed by atoms with Crippen LogP contribution in [0.25, 0.3) is 16.6 Å². The first-order chi connectivity index (χ1) is 17.6. The summed E-state index contributed by atoms with van der Waals surface area (Å²) in [6.45, 7) is 3.90. The molecule has 0 spiro atoms. The van der Waals surface area contributed by atoms with Gasteiger partial charge < -0.3 is 20.9 Å². The van der Waals surface area contributed by atoms with E-state index in [1.807, 2.05) is 71.4 Å². The van der Waals surface area contributed by atoms with Gasteiger partial charge in [-0.2, -0.15) is 5.10 Å². The van der Waals surface area contributed by atoms with E-state index in [0.717, 1.165) is 72.7 Å². The molecule has 4 aromatic rings. The van der Waals surface area contributed by atoms with Crippen molar-refractivity contribution in [2.24, 2.45) is 5.92 Å². The van der Waals surface area contributed by atoms with Crippen molar-refractivity contribution in [3.8, 4) is 5.69 Å². The van der Waals surface area contributed by atoms with Gasteiger partial charge >= 0.3 is 0 Å². The minimum absolute atomic E-state index is 0.0948. The summed E-state index contributed by atoms with van der Waals surface area (Å²) in [6, 6.07) is 21.2. The minimum Gasteiger partial charge on any atom is -0.369 e. The third-order valence-corrected chi connectivity index (χ3v) is 6.77. The van der Waals surface area contributed by atoms with Crippen LogP contribution < -0.4 is 20.9 Å². The van der Waals surface area contributed by atoms with E-state index >= 15 is 0 Å². The van der Waals surface area contributed by atoms with E-state index in [1.54, 1.807) is 6.20 Å². The molecule has 1 aliphatic heterocycles. The molecule has 0 bridgehead atoms. The summed E-state index contributed by atoms with van der Waals surface area (Å²) in [5.74, 6) is 0.126. The molecule has 1 aliphatic carbocycles. The Balaban J connectivity index is 1.14. The van der Waals surface area contributed by atoms with Crippen LogP contribution in [0.4, 0.5) is 17.1 Å². The first kappa shape index (κ1) is 22.3. The number of aromatic nitrogens is 2. The van der Waals surface area contributed by atoms with Crippen LogP contribution in [0.2, 0.25) is 0 Å². The highest BCUT2D eigenvalue weighted by Crippen LogP contribution is 2.30. The van der Waals surface area contributed by atoms with Gasteiger partial charge in [-0.25, -0.2) is 4.68 Å². The number of anilines is 3. The van der Waals surface area contributed by atoms with Gasteiger partial charge in [0.15, 0.2) is 0 Å². The summed E-state index contributed by atoms with van der Waals surface area (Å²) < 4.78 is 1.85. The monoisotopic (exact) mass is 480 g/mol. The van der Waals surface area contributed by atoms with Gasteiger partial charge in [0.25, 0.3) is 5.91 Å². The zero-order valence-electron chi connectivity index (χ0n) is 19.9. The second kappa shape index (κ2) is 9.47. The predicted octanol–water partition coefficient (Wildman–Crippen LogP) is 4.04. The van der Waals surface area contributed by atoms with E-state index in [4.69, 9.17) is 0 Å². The maximum atomic E-state index is 12.8. The lowest BCUT2D eigenvalue weighted by Gasteiger charge is -2.29. The number of nitrogens with zero attached hydrogens (tertiary/aromatic N) is 3. The van der Waals surface area contributed by atoms with Gasteiger partial charge in [-0.3, -0.25) is 9.59 Å². The van der Waals surface area contributed by atoms with Gasteiger partial charge in [0.05, 0.1) is 17.4 Å². The molecule has 0 radical (unpaired) electrons. The third kappa shape index (κ3) is 4.67. The normalized spacial score (nSPS) is 15.6. The molecule has 8 nitrogen and oxygen atoms in total. The Hall–Kier alpha value is -4.17. The van der Waals surface area contributed by atoms with Crippen LogP contribution in [0.15, 0.2) is 72.9 Å². The Morgan fingerprint density at radius 2 is 1.53 bits per heavy atom. The number of nitrogens with one attached hydrogen (secondary N) is 3. The van der Waals surface area contributed by atoms with E-state index in [0.29, 0.717) is 5.56 Å². The standard InChI is InChI=1S/C28H28N6O2/c35-27(19-1-2-19)31-22-5-10-25(11-6-22)34-26-12-7-23(17-21(26)18-30-34)32-28(36)20-3-8-24(9-4-20)33-15-13-29-14-16-33/h3-12,17-19,29H,1-2,13-16H2,(H,31,35)(H,32,36). The Morgan fingerprint density at radius 3 is 2.25 bits per heavy atom. The Morgan fingerprint density at radius 1 is 0.833 bits per heavy atom. The van der Waals surface area contributed by atoms with Crippen LogP contribution in [-0.2, 0) is 4.79 Å². The van der Waals surface area contributed by atoms with Gasteiger partial charge in [0.1, 0.15) is 0 Å². The molecule has 1 aromatic heterocycles.